The number of rotatable bonds is 4. The van der Waals surface area contributed by atoms with E-state index in [2.05, 4.69) is 26.6 Å². The molecule has 3 rings (SSSR count). The van der Waals surface area contributed by atoms with Crippen LogP contribution in [0, 0.1) is 0 Å². The van der Waals surface area contributed by atoms with Crippen molar-refractivity contribution in [2.45, 2.75) is 38.5 Å². The van der Waals surface area contributed by atoms with Crippen LogP contribution in [0.5, 0.6) is 0 Å². The maximum absolute atomic E-state index is 12.1. The Labute approximate surface area is 121 Å². The molecular weight excluding hydrogens is 272 g/mol. The number of amides is 1. The Kier molecular flexibility index (Phi) is 4.11. The molecule has 6 heteroatoms. The fraction of sp³-hybridized carbons (Fsp3) is 0.500. The Hall–Kier alpha value is -1.69. The van der Waals surface area contributed by atoms with E-state index in [1.165, 1.54) is 36.0 Å². The number of carbonyl (C=O) groups is 1. The standard InChI is InChI=1S/C14H18N4OS/c19-14(15-7-6-13-16-9-17-18-13)12-8-10-4-2-1-3-5-11(10)20-12/h8-9H,1-7H2,(H,15,19)(H,16,17,18). The molecule has 0 atom stereocenters. The van der Waals surface area contributed by atoms with Gasteiger partial charge >= 0.3 is 0 Å². The van der Waals surface area contributed by atoms with Gasteiger partial charge in [-0.3, -0.25) is 9.89 Å². The van der Waals surface area contributed by atoms with E-state index in [1.807, 2.05) is 0 Å². The number of aryl methyl sites for hydroxylation is 2. The van der Waals surface area contributed by atoms with Gasteiger partial charge in [-0.15, -0.1) is 11.3 Å². The van der Waals surface area contributed by atoms with Gasteiger partial charge in [-0.2, -0.15) is 5.10 Å². The third-order valence-electron chi connectivity index (χ3n) is 3.58. The molecular formula is C14H18N4OS. The van der Waals surface area contributed by atoms with Gasteiger partial charge in [0.15, 0.2) is 0 Å². The third-order valence-corrected chi connectivity index (χ3v) is 4.82. The van der Waals surface area contributed by atoms with Crippen LogP contribution in [-0.2, 0) is 19.3 Å². The summed E-state index contributed by atoms with van der Waals surface area (Å²) in [4.78, 5) is 18.4. The first-order valence-corrected chi connectivity index (χ1v) is 7.88. The third kappa shape index (κ3) is 3.07. The second-order valence-corrected chi connectivity index (χ2v) is 6.19. The maximum atomic E-state index is 12.1. The largest absolute Gasteiger partial charge is 0.351 e. The quantitative estimate of drug-likeness (QED) is 0.847. The highest BCUT2D eigenvalue weighted by Gasteiger charge is 2.16. The number of nitrogens with zero attached hydrogens (tertiary/aromatic N) is 2. The average Bonchev–Trinajstić information content (AvgIpc) is 3.05. The van der Waals surface area contributed by atoms with Gasteiger partial charge in [0.2, 0.25) is 0 Å². The Bertz CT molecular complexity index is 553. The zero-order valence-electron chi connectivity index (χ0n) is 11.3. The molecule has 2 aromatic rings. The van der Waals surface area contributed by atoms with Crippen LogP contribution in [0.3, 0.4) is 0 Å². The van der Waals surface area contributed by atoms with Crippen molar-refractivity contribution >= 4 is 17.2 Å². The number of nitrogens with one attached hydrogen (secondary N) is 2. The van der Waals surface area contributed by atoms with Crippen molar-refractivity contribution in [2.75, 3.05) is 6.54 Å². The van der Waals surface area contributed by atoms with Crippen molar-refractivity contribution in [3.8, 4) is 0 Å². The number of H-pyrrole nitrogens is 1. The summed E-state index contributed by atoms with van der Waals surface area (Å²) in [6, 6.07) is 2.08. The van der Waals surface area contributed by atoms with E-state index >= 15 is 0 Å². The van der Waals surface area contributed by atoms with Gasteiger partial charge in [0.05, 0.1) is 4.88 Å². The summed E-state index contributed by atoms with van der Waals surface area (Å²) in [7, 11) is 0. The van der Waals surface area contributed by atoms with Crippen LogP contribution in [0.2, 0.25) is 0 Å². The highest BCUT2D eigenvalue weighted by Crippen LogP contribution is 2.28. The highest BCUT2D eigenvalue weighted by atomic mass is 32.1. The van der Waals surface area contributed by atoms with Crippen molar-refractivity contribution in [1.82, 2.24) is 20.5 Å². The molecule has 0 unspecified atom stereocenters. The molecule has 0 bridgehead atoms. The second-order valence-electron chi connectivity index (χ2n) is 5.06. The van der Waals surface area contributed by atoms with Crippen molar-refractivity contribution in [3.05, 3.63) is 33.5 Å². The Morgan fingerprint density at radius 2 is 2.25 bits per heavy atom. The molecule has 2 heterocycles. The zero-order valence-corrected chi connectivity index (χ0v) is 12.1. The average molecular weight is 290 g/mol. The first-order valence-electron chi connectivity index (χ1n) is 7.07. The van der Waals surface area contributed by atoms with Crippen LogP contribution in [0.4, 0.5) is 0 Å². The molecule has 2 aromatic heterocycles. The number of carbonyl (C=O) groups excluding carboxylic acids is 1. The van der Waals surface area contributed by atoms with Gasteiger partial charge in [-0.05, 0) is 37.3 Å². The normalized spacial score (nSPS) is 14.6. The van der Waals surface area contributed by atoms with Crippen LogP contribution < -0.4 is 5.32 Å². The summed E-state index contributed by atoms with van der Waals surface area (Å²) < 4.78 is 0. The lowest BCUT2D eigenvalue weighted by Crippen LogP contribution is -2.25. The van der Waals surface area contributed by atoms with Gasteiger partial charge in [-0.1, -0.05) is 6.42 Å². The van der Waals surface area contributed by atoms with Crippen LogP contribution in [0.15, 0.2) is 12.4 Å². The van der Waals surface area contributed by atoms with Crippen molar-refractivity contribution in [2.24, 2.45) is 0 Å². The van der Waals surface area contributed by atoms with E-state index in [1.54, 1.807) is 11.3 Å². The summed E-state index contributed by atoms with van der Waals surface area (Å²) in [6.07, 6.45) is 8.21. The minimum atomic E-state index is 0.0302. The van der Waals surface area contributed by atoms with Crippen molar-refractivity contribution in [3.63, 3.8) is 0 Å². The lowest BCUT2D eigenvalue weighted by molar-refractivity contribution is 0.0958. The maximum Gasteiger partial charge on any atom is 0.261 e. The fourth-order valence-corrected chi connectivity index (χ4v) is 3.68. The van der Waals surface area contributed by atoms with Gasteiger partial charge in [0.25, 0.3) is 5.91 Å². The molecule has 0 aromatic carbocycles. The van der Waals surface area contributed by atoms with E-state index < -0.39 is 0 Å². The smallest absolute Gasteiger partial charge is 0.261 e. The summed E-state index contributed by atoms with van der Waals surface area (Å²) in [6.45, 7) is 0.580. The predicted octanol–water partition coefficient (Wildman–Crippen LogP) is 2.11. The lowest BCUT2D eigenvalue weighted by Gasteiger charge is -2.01. The highest BCUT2D eigenvalue weighted by molar-refractivity contribution is 7.14. The topological polar surface area (TPSA) is 70.7 Å². The number of hydrogen-bond donors (Lipinski definition) is 2. The molecule has 0 spiro atoms. The van der Waals surface area contributed by atoms with Crippen LogP contribution in [0.25, 0.3) is 0 Å². The number of hydrogen-bond acceptors (Lipinski definition) is 4. The molecule has 2 N–H and O–H groups in total. The Balaban J connectivity index is 1.57. The molecule has 1 aliphatic rings. The number of aromatic amines is 1. The van der Waals surface area contributed by atoms with Gasteiger partial charge in [0, 0.05) is 17.8 Å². The summed E-state index contributed by atoms with van der Waals surface area (Å²) >= 11 is 1.66. The first kappa shape index (κ1) is 13.3. The minimum absolute atomic E-state index is 0.0302. The van der Waals surface area contributed by atoms with Crippen molar-refractivity contribution < 1.29 is 4.79 Å². The number of aromatic nitrogens is 3. The monoisotopic (exact) mass is 290 g/mol. The molecule has 0 saturated carbocycles. The van der Waals surface area contributed by atoms with E-state index in [0.29, 0.717) is 13.0 Å². The molecule has 0 saturated heterocycles. The van der Waals surface area contributed by atoms with Crippen LogP contribution >= 0.6 is 11.3 Å². The van der Waals surface area contributed by atoms with E-state index in [0.717, 1.165) is 23.5 Å². The zero-order chi connectivity index (χ0) is 13.8. The molecule has 0 fully saturated rings. The van der Waals surface area contributed by atoms with Crippen molar-refractivity contribution in [1.29, 1.82) is 0 Å². The fourth-order valence-electron chi connectivity index (χ4n) is 2.51. The second kappa shape index (κ2) is 6.17. The summed E-state index contributed by atoms with van der Waals surface area (Å²) in [5.41, 5.74) is 1.38. The number of thiophene rings is 1. The molecule has 0 radical (unpaired) electrons. The van der Waals surface area contributed by atoms with Gasteiger partial charge in [-0.25, -0.2) is 4.98 Å². The van der Waals surface area contributed by atoms with E-state index in [-0.39, 0.29) is 5.91 Å². The molecule has 20 heavy (non-hydrogen) atoms. The summed E-state index contributed by atoms with van der Waals surface area (Å²) in [5.74, 6) is 0.829. The van der Waals surface area contributed by atoms with Gasteiger partial charge in [0.1, 0.15) is 12.2 Å². The molecule has 0 aliphatic heterocycles. The minimum Gasteiger partial charge on any atom is -0.351 e. The Morgan fingerprint density at radius 3 is 3.10 bits per heavy atom. The molecule has 106 valence electrons. The Morgan fingerprint density at radius 1 is 1.35 bits per heavy atom. The lowest BCUT2D eigenvalue weighted by atomic mass is 10.1. The SMILES string of the molecule is O=C(NCCc1ncn[nH]1)c1cc2c(s1)CCCCC2. The van der Waals surface area contributed by atoms with Crippen LogP contribution in [-0.4, -0.2) is 27.6 Å². The van der Waals surface area contributed by atoms with Crippen LogP contribution in [0.1, 0.15) is 45.2 Å². The first-order chi connectivity index (χ1) is 9.83. The predicted molar refractivity (Wildman–Crippen MR) is 78.0 cm³/mol. The number of fused-ring (bicyclic) bond motifs is 1. The summed E-state index contributed by atoms with van der Waals surface area (Å²) in [5, 5.41) is 9.52. The molecule has 5 nitrogen and oxygen atoms in total. The van der Waals surface area contributed by atoms with Gasteiger partial charge < -0.3 is 5.32 Å². The molecule has 1 aliphatic carbocycles. The molecule has 1 amide bonds. The van der Waals surface area contributed by atoms with E-state index in [9.17, 15) is 4.79 Å². The van der Waals surface area contributed by atoms with E-state index in [4.69, 9.17) is 0 Å².